The van der Waals surface area contributed by atoms with Gasteiger partial charge in [-0.2, -0.15) is 0 Å². The quantitative estimate of drug-likeness (QED) is 0.812. The van der Waals surface area contributed by atoms with Crippen molar-refractivity contribution in [2.24, 2.45) is 0 Å². The molecule has 1 N–H and O–H groups in total. The molecule has 2 atom stereocenters. The Labute approximate surface area is 95.9 Å². The molecule has 0 aliphatic carbocycles. The normalized spacial score (nSPS) is 15.2. The Morgan fingerprint density at radius 2 is 2.27 bits per heavy atom. The first-order valence-corrected chi connectivity index (χ1v) is 6.18. The molecule has 0 aliphatic rings. The number of hydrogen-bond donors (Lipinski definition) is 1. The van der Waals surface area contributed by atoms with E-state index in [1.54, 1.807) is 18.4 Å². The molecule has 1 rings (SSSR count). The standard InChI is InChI=1S/C11H20N2OS/c1-5-10-6-12-11(15-10)9(3)13-8(2)7-14-4/h6,8-9,13H,5,7H2,1-4H3. The Bertz CT molecular complexity index is 288. The van der Waals surface area contributed by atoms with Crippen LogP contribution in [0, 0.1) is 0 Å². The van der Waals surface area contributed by atoms with Crippen molar-refractivity contribution in [2.75, 3.05) is 13.7 Å². The van der Waals surface area contributed by atoms with Crippen molar-refractivity contribution in [3.8, 4) is 0 Å². The fourth-order valence-electron chi connectivity index (χ4n) is 1.48. The maximum absolute atomic E-state index is 5.09. The number of aromatic nitrogens is 1. The van der Waals surface area contributed by atoms with Crippen molar-refractivity contribution in [3.05, 3.63) is 16.1 Å². The largest absolute Gasteiger partial charge is 0.383 e. The summed E-state index contributed by atoms with van der Waals surface area (Å²) < 4.78 is 5.09. The smallest absolute Gasteiger partial charge is 0.109 e. The summed E-state index contributed by atoms with van der Waals surface area (Å²) in [5.74, 6) is 0. The van der Waals surface area contributed by atoms with Crippen LogP contribution in [0.1, 0.15) is 36.7 Å². The number of hydrogen-bond acceptors (Lipinski definition) is 4. The van der Waals surface area contributed by atoms with Gasteiger partial charge in [-0.1, -0.05) is 6.92 Å². The maximum Gasteiger partial charge on any atom is 0.109 e. The van der Waals surface area contributed by atoms with Gasteiger partial charge in [0, 0.05) is 24.2 Å². The van der Waals surface area contributed by atoms with Crippen LogP contribution in [0.4, 0.5) is 0 Å². The lowest BCUT2D eigenvalue weighted by molar-refractivity contribution is 0.167. The van der Waals surface area contributed by atoms with Crippen LogP contribution in [-0.4, -0.2) is 24.7 Å². The first-order valence-electron chi connectivity index (χ1n) is 5.37. The van der Waals surface area contributed by atoms with Gasteiger partial charge in [-0.3, -0.25) is 0 Å². The number of nitrogens with zero attached hydrogens (tertiary/aromatic N) is 1. The van der Waals surface area contributed by atoms with Crippen LogP contribution < -0.4 is 5.32 Å². The fraction of sp³-hybridized carbons (Fsp3) is 0.727. The highest BCUT2D eigenvalue weighted by atomic mass is 32.1. The number of ether oxygens (including phenoxy) is 1. The van der Waals surface area contributed by atoms with Crippen molar-refractivity contribution >= 4 is 11.3 Å². The Hall–Kier alpha value is -0.450. The zero-order chi connectivity index (χ0) is 11.3. The molecule has 0 saturated heterocycles. The maximum atomic E-state index is 5.09. The summed E-state index contributed by atoms with van der Waals surface area (Å²) in [6.45, 7) is 7.15. The van der Waals surface area contributed by atoms with Gasteiger partial charge in [-0.25, -0.2) is 4.98 Å². The molecule has 0 fully saturated rings. The average Bonchev–Trinajstić information content (AvgIpc) is 2.66. The lowest BCUT2D eigenvalue weighted by atomic mass is 10.3. The van der Waals surface area contributed by atoms with Gasteiger partial charge in [0.05, 0.1) is 12.6 Å². The molecule has 0 aliphatic heterocycles. The third kappa shape index (κ3) is 3.89. The lowest BCUT2D eigenvalue weighted by Gasteiger charge is -2.17. The van der Waals surface area contributed by atoms with Gasteiger partial charge in [0.2, 0.25) is 0 Å². The van der Waals surface area contributed by atoms with E-state index < -0.39 is 0 Å². The molecule has 4 heteroatoms. The van der Waals surface area contributed by atoms with E-state index in [0.717, 1.165) is 18.0 Å². The SMILES string of the molecule is CCc1cnc(C(C)NC(C)COC)s1. The summed E-state index contributed by atoms with van der Waals surface area (Å²) in [4.78, 5) is 5.76. The predicted octanol–water partition coefficient (Wildman–Crippen LogP) is 2.39. The van der Waals surface area contributed by atoms with E-state index in [-0.39, 0.29) is 0 Å². The van der Waals surface area contributed by atoms with Crippen molar-refractivity contribution in [1.29, 1.82) is 0 Å². The van der Waals surface area contributed by atoms with E-state index in [9.17, 15) is 0 Å². The molecule has 0 spiro atoms. The molecule has 2 unspecified atom stereocenters. The first-order chi connectivity index (χ1) is 7.17. The van der Waals surface area contributed by atoms with Gasteiger partial charge < -0.3 is 10.1 Å². The second kappa shape index (κ2) is 6.20. The lowest BCUT2D eigenvalue weighted by Crippen LogP contribution is -2.32. The van der Waals surface area contributed by atoms with Gasteiger partial charge in [0.15, 0.2) is 0 Å². The second-order valence-electron chi connectivity index (χ2n) is 3.76. The summed E-state index contributed by atoms with van der Waals surface area (Å²) >= 11 is 1.79. The van der Waals surface area contributed by atoms with Crippen molar-refractivity contribution in [3.63, 3.8) is 0 Å². The second-order valence-corrected chi connectivity index (χ2v) is 4.91. The molecule has 15 heavy (non-hydrogen) atoms. The molecular formula is C11H20N2OS. The van der Waals surface area contributed by atoms with Gasteiger partial charge >= 0.3 is 0 Å². The van der Waals surface area contributed by atoms with Crippen LogP contribution in [0.2, 0.25) is 0 Å². The third-order valence-electron chi connectivity index (χ3n) is 2.24. The van der Waals surface area contributed by atoms with E-state index in [1.165, 1.54) is 4.88 Å². The minimum absolute atomic E-state index is 0.306. The van der Waals surface area contributed by atoms with Crippen LogP contribution >= 0.6 is 11.3 Å². The molecule has 3 nitrogen and oxygen atoms in total. The van der Waals surface area contributed by atoms with Crippen molar-refractivity contribution in [2.45, 2.75) is 39.3 Å². The van der Waals surface area contributed by atoms with E-state index in [4.69, 9.17) is 4.74 Å². The Morgan fingerprint density at radius 3 is 2.80 bits per heavy atom. The Balaban J connectivity index is 2.49. The average molecular weight is 228 g/mol. The summed E-state index contributed by atoms with van der Waals surface area (Å²) in [6.07, 6.45) is 3.04. The fourth-order valence-corrected chi connectivity index (χ4v) is 2.35. The highest BCUT2D eigenvalue weighted by molar-refractivity contribution is 7.11. The highest BCUT2D eigenvalue weighted by Gasteiger charge is 2.12. The third-order valence-corrected chi connectivity index (χ3v) is 3.57. The molecule has 0 saturated carbocycles. The summed E-state index contributed by atoms with van der Waals surface area (Å²) in [7, 11) is 1.72. The number of methoxy groups -OCH3 is 1. The van der Waals surface area contributed by atoms with Crippen molar-refractivity contribution < 1.29 is 4.74 Å². The monoisotopic (exact) mass is 228 g/mol. The zero-order valence-electron chi connectivity index (χ0n) is 9.91. The molecule has 0 aromatic carbocycles. The highest BCUT2D eigenvalue weighted by Crippen LogP contribution is 2.20. The molecule has 1 heterocycles. The van der Waals surface area contributed by atoms with Crippen LogP contribution in [0.15, 0.2) is 6.20 Å². The van der Waals surface area contributed by atoms with Gasteiger partial charge in [-0.05, 0) is 20.3 Å². The molecule has 86 valence electrons. The van der Waals surface area contributed by atoms with Crippen molar-refractivity contribution in [1.82, 2.24) is 10.3 Å². The van der Waals surface area contributed by atoms with Gasteiger partial charge in [0.25, 0.3) is 0 Å². The van der Waals surface area contributed by atoms with Crippen LogP contribution in [-0.2, 0) is 11.2 Å². The number of rotatable bonds is 6. The van der Waals surface area contributed by atoms with Gasteiger partial charge in [-0.15, -0.1) is 11.3 Å². The number of aryl methyl sites for hydroxylation is 1. The van der Waals surface area contributed by atoms with E-state index in [2.05, 4.69) is 31.1 Å². The van der Waals surface area contributed by atoms with Gasteiger partial charge in [0.1, 0.15) is 5.01 Å². The van der Waals surface area contributed by atoms with Crippen LogP contribution in [0.5, 0.6) is 0 Å². The molecule has 0 radical (unpaired) electrons. The number of nitrogens with one attached hydrogen (secondary N) is 1. The minimum Gasteiger partial charge on any atom is -0.383 e. The molecule has 0 amide bonds. The first kappa shape index (κ1) is 12.6. The zero-order valence-corrected chi connectivity index (χ0v) is 10.7. The van der Waals surface area contributed by atoms with Crippen LogP contribution in [0.25, 0.3) is 0 Å². The Morgan fingerprint density at radius 1 is 1.53 bits per heavy atom. The Kier molecular flexibility index (Phi) is 5.22. The molecule has 0 bridgehead atoms. The molecular weight excluding hydrogens is 208 g/mol. The summed E-state index contributed by atoms with van der Waals surface area (Å²) in [5, 5.41) is 4.62. The van der Waals surface area contributed by atoms with E-state index in [1.807, 2.05) is 6.20 Å². The van der Waals surface area contributed by atoms with E-state index >= 15 is 0 Å². The summed E-state index contributed by atoms with van der Waals surface area (Å²) in [6, 6.07) is 0.666. The number of thiazole rings is 1. The predicted molar refractivity (Wildman–Crippen MR) is 64.4 cm³/mol. The topological polar surface area (TPSA) is 34.2 Å². The summed E-state index contributed by atoms with van der Waals surface area (Å²) in [5.41, 5.74) is 0. The van der Waals surface area contributed by atoms with Crippen LogP contribution in [0.3, 0.4) is 0 Å². The molecule has 1 aromatic rings. The van der Waals surface area contributed by atoms with E-state index in [0.29, 0.717) is 12.1 Å². The minimum atomic E-state index is 0.306. The molecule has 1 aromatic heterocycles.